The van der Waals surface area contributed by atoms with Crippen molar-refractivity contribution in [3.05, 3.63) is 57.6 Å². The van der Waals surface area contributed by atoms with Crippen LogP contribution in [0.3, 0.4) is 0 Å². The maximum atomic E-state index is 12.4. The number of esters is 1. The number of ether oxygens (including phenoxy) is 2. The van der Waals surface area contributed by atoms with E-state index in [1.54, 1.807) is 24.3 Å². The van der Waals surface area contributed by atoms with Crippen molar-refractivity contribution in [2.24, 2.45) is 0 Å². The number of hydrogen-bond acceptors (Lipinski definition) is 5. The summed E-state index contributed by atoms with van der Waals surface area (Å²) in [5.74, 6) is -1.09. The molecule has 1 atom stereocenters. The fourth-order valence-corrected chi connectivity index (χ4v) is 2.95. The summed E-state index contributed by atoms with van der Waals surface area (Å²) < 4.78 is 10.2. The number of Topliss-reactive ketones (excluding diaryl/α,β-unsaturated/α-hetero) is 1. The van der Waals surface area contributed by atoms with Crippen molar-refractivity contribution in [2.45, 2.75) is 20.0 Å². The Kier molecular flexibility index (Phi) is 6.82. The number of nitrogens with one attached hydrogen (secondary N) is 1. The molecule has 0 spiro atoms. The summed E-state index contributed by atoms with van der Waals surface area (Å²) in [5, 5.41) is 2.92. The van der Waals surface area contributed by atoms with Gasteiger partial charge in [-0.15, -0.1) is 0 Å². The Morgan fingerprint density at radius 2 is 1.56 bits per heavy atom. The van der Waals surface area contributed by atoms with E-state index in [0.29, 0.717) is 11.3 Å². The smallest absolute Gasteiger partial charge is 0.338 e. The van der Waals surface area contributed by atoms with Crippen LogP contribution in [0.15, 0.2) is 36.4 Å². The van der Waals surface area contributed by atoms with Gasteiger partial charge in [-0.3, -0.25) is 9.59 Å². The summed E-state index contributed by atoms with van der Waals surface area (Å²) in [7, 11) is 1.41. The number of carbonyl (C=O) groups excluding carboxylic acids is 3. The minimum Gasteiger partial charge on any atom is -0.494 e. The van der Waals surface area contributed by atoms with Crippen molar-refractivity contribution in [1.82, 2.24) is 0 Å². The monoisotopic (exact) mass is 409 g/mol. The van der Waals surface area contributed by atoms with E-state index in [4.69, 9.17) is 32.7 Å². The van der Waals surface area contributed by atoms with E-state index in [-0.39, 0.29) is 33.0 Å². The predicted molar refractivity (Wildman–Crippen MR) is 103 cm³/mol. The molecule has 2 aromatic rings. The number of halogens is 2. The average molecular weight is 410 g/mol. The van der Waals surface area contributed by atoms with Gasteiger partial charge < -0.3 is 14.8 Å². The summed E-state index contributed by atoms with van der Waals surface area (Å²) in [6.07, 6.45) is -1.02. The number of hydrogen-bond donors (Lipinski definition) is 1. The highest BCUT2D eigenvalue weighted by atomic mass is 35.5. The maximum Gasteiger partial charge on any atom is 0.338 e. The van der Waals surface area contributed by atoms with Gasteiger partial charge in [0.1, 0.15) is 0 Å². The van der Waals surface area contributed by atoms with E-state index in [0.717, 1.165) is 0 Å². The molecule has 0 aliphatic heterocycles. The molecule has 0 aliphatic carbocycles. The van der Waals surface area contributed by atoms with Gasteiger partial charge in [0.15, 0.2) is 11.9 Å². The average Bonchev–Trinajstić information content (AvgIpc) is 2.60. The van der Waals surface area contributed by atoms with Gasteiger partial charge in [-0.05, 0) is 43.3 Å². The highest BCUT2D eigenvalue weighted by molar-refractivity contribution is 6.37. The second kappa shape index (κ2) is 8.88. The normalized spacial score (nSPS) is 11.4. The third-order valence-corrected chi connectivity index (χ3v) is 4.14. The van der Waals surface area contributed by atoms with Crippen LogP contribution in [0, 0.1) is 0 Å². The Morgan fingerprint density at radius 3 is 2.04 bits per heavy atom. The van der Waals surface area contributed by atoms with Crippen LogP contribution in [0.5, 0.6) is 5.75 Å². The lowest BCUT2D eigenvalue weighted by atomic mass is 10.1. The molecule has 0 radical (unpaired) electrons. The lowest BCUT2D eigenvalue weighted by Gasteiger charge is -2.14. The zero-order valence-electron chi connectivity index (χ0n) is 14.8. The first-order valence-corrected chi connectivity index (χ1v) is 8.64. The Hall–Kier alpha value is -2.57. The van der Waals surface area contributed by atoms with Crippen molar-refractivity contribution < 1.29 is 23.9 Å². The Labute approximate surface area is 166 Å². The van der Waals surface area contributed by atoms with Crippen LogP contribution in [-0.4, -0.2) is 30.9 Å². The second-order valence-corrected chi connectivity index (χ2v) is 6.46. The second-order valence-electron chi connectivity index (χ2n) is 5.64. The summed E-state index contributed by atoms with van der Waals surface area (Å²) in [5.41, 5.74) is 1.01. The van der Waals surface area contributed by atoms with Crippen molar-refractivity contribution in [1.29, 1.82) is 0 Å². The number of carbonyl (C=O) groups is 3. The van der Waals surface area contributed by atoms with Crippen LogP contribution < -0.4 is 10.1 Å². The minimum atomic E-state index is -1.02. The van der Waals surface area contributed by atoms with Gasteiger partial charge in [0.05, 0.1) is 22.7 Å². The summed E-state index contributed by atoms with van der Waals surface area (Å²) in [6.45, 7) is 2.85. The highest BCUT2D eigenvalue weighted by Gasteiger charge is 2.22. The van der Waals surface area contributed by atoms with Crippen molar-refractivity contribution >= 4 is 46.5 Å². The lowest BCUT2D eigenvalue weighted by molar-refractivity contribution is -0.114. The van der Waals surface area contributed by atoms with Crippen LogP contribution in [0.25, 0.3) is 0 Å². The van der Waals surface area contributed by atoms with Crippen LogP contribution in [0.4, 0.5) is 5.69 Å². The number of benzene rings is 2. The van der Waals surface area contributed by atoms with E-state index >= 15 is 0 Å². The first-order valence-electron chi connectivity index (χ1n) is 7.88. The van der Waals surface area contributed by atoms with E-state index in [2.05, 4.69) is 5.32 Å². The quantitative estimate of drug-likeness (QED) is 0.564. The number of methoxy groups -OCH3 is 1. The molecule has 27 heavy (non-hydrogen) atoms. The molecule has 1 amide bonds. The zero-order chi connectivity index (χ0) is 20.1. The van der Waals surface area contributed by atoms with Crippen molar-refractivity contribution in [3.8, 4) is 5.75 Å². The summed E-state index contributed by atoms with van der Waals surface area (Å²) in [6, 6.07) is 8.97. The van der Waals surface area contributed by atoms with Gasteiger partial charge >= 0.3 is 5.97 Å². The van der Waals surface area contributed by atoms with Gasteiger partial charge in [0, 0.05) is 18.2 Å². The van der Waals surface area contributed by atoms with E-state index < -0.39 is 12.1 Å². The first-order chi connectivity index (χ1) is 12.7. The molecule has 0 unspecified atom stereocenters. The number of anilines is 1. The Morgan fingerprint density at radius 1 is 1.00 bits per heavy atom. The fraction of sp³-hybridized carbons (Fsp3) is 0.211. The molecule has 2 rings (SSSR count). The van der Waals surface area contributed by atoms with Gasteiger partial charge in [-0.25, -0.2) is 4.79 Å². The molecule has 0 aliphatic rings. The minimum absolute atomic E-state index is 0.103. The predicted octanol–water partition coefficient (Wildman–Crippen LogP) is 4.39. The van der Waals surface area contributed by atoms with Crippen LogP contribution in [-0.2, 0) is 9.53 Å². The summed E-state index contributed by atoms with van der Waals surface area (Å²) >= 11 is 12.0. The van der Waals surface area contributed by atoms with Crippen molar-refractivity contribution in [3.63, 3.8) is 0 Å². The van der Waals surface area contributed by atoms with Crippen LogP contribution >= 0.6 is 23.2 Å². The fourth-order valence-electron chi connectivity index (χ4n) is 2.31. The summed E-state index contributed by atoms with van der Waals surface area (Å²) in [4.78, 5) is 35.8. The molecule has 0 saturated carbocycles. The molecule has 142 valence electrons. The van der Waals surface area contributed by atoms with Gasteiger partial charge in [0.2, 0.25) is 11.7 Å². The molecular weight excluding hydrogens is 393 g/mol. The largest absolute Gasteiger partial charge is 0.494 e. The SMILES string of the molecule is COc1c(Cl)cc(C(=O)O[C@@H](C)C(=O)c2ccc(NC(C)=O)cc2)cc1Cl. The molecule has 0 aromatic heterocycles. The Balaban J connectivity index is 2.09. The maximum absolute atomic E-state index is 12.4. The van der Waals surface area contributed by atoms with E-state index in [9.17, 15) is 14.4 Å². The van der Waals surface area contributed by atoms with Crippen LogP contribution in [0.2, 0.25) is 10.0 Å². The first kappa shape index (κ1) is 20.7. The third kappa shape index (κ3) is 5.21. The van der Waals surface area contributed by atoms with E-state index in [1.165, 1.54) is 33.1 Å². The van der Waals surface area contributed by atoms with Crippen LogP contribution in [0.1, 0.15) is 34.6 Å². The number of rotatable bonds is 6. The van der Waals surface area contributed by atoms with Gasteiger partial charge in [-0.2, -0.15) is 0 Å². The molecular formula is C19H17Cl2NO5. The third-order valence-electron chi connectivity index (χ3n) is 3.58. The van der Waals surface area contributed by atoms with Gasteiger partial charge in [-0.1, -0.05) is 23.2 Å². The molecule has 0 fully saturated rings. The molecule has 0 heterocycles. The highest BCUT2D eigenvalue weighted by Crippen LogP contribution is 2.34. The van der Waals surface area contributed by atoms with Crippen molar-refractivity contribution in [2.75, 3.05) is 12.4 Å². The standard InChI is InChI=1S/C19H17Cl2NO5/c1-10(17(24)12-4-6-14(7-5-12)22-11(2)23)27-19(25)13-8-15(20)18(26-3)16(21)9-13/h4-10H,1-3H3,(H,22,23)/t10-/m0/s1. The Bertz CT molecular complexity index is 857. The molecule has 2 aromatic carbocycles. The molecule has 0 saturated heterocycles. The number of amides is 1. The number of ketones is 1. The molecule has 6 nitrogen and oxygen atoms in total. The molecule has 0 bridgehead atoms. The van der Waals surface area contributed by atoms with E-state index in [1.807, 2.05) is 0 Å². The molecule has 1 N–H and O–H groups in total. The lowest BCUT2D eigenvalue weighted by Crippen LogP contribution is -2.24. The topological polar surface area (TPSA) is 81.7 Å². The zero-order valence-corrected chi connectivity index (χ0v) is 16.4. The molecule has 8 heteroatoms. The van der Waals surface area contributed by atoms with Gasteiger partial charge in [0.25, 0.3) is 0 Å².